The molecule has 0 bridgehead atoms. The summed E-state index contributed by atoms with van der Waals surface area (Å²) in [4.78, 5) is 6.61. The third-order valence-corrected chi connectivity index (χ3v) is 6.07. The highest BCUT2D eigenvalue weighted by Gasteiger charge is 2.31. The van der Waals surface area contributed by atoms with Crippen molar-refractivity contribution in [1.29, 1.82) is 0 Å². The van der Waals surface area contributed by atoms with Gasteiger partial charge in [0.05, 0.1) is 31.2 Å². The van der Waals surface area contributed by atoms with Gasteiger partial charge in [0.25, 0.3) is 0 Å². The molecule has 0 aliphatic carbocycles. The molecule has 2 heterocycles. The zero-order valence-electron chi connectivity index (χ0n) is 13.7. The molecule has 7 nitrogen and oxygen atoms in total. The lowest BCUT2D eigenvalue weighted by molar-refractivity contribution is 0.232. The molecule has 1 N–H and O–H groups in total. The highest BCUT2D eigenvalue weighted by atomic mass is 32.2. The molecule has 0 spiro atoms. The van der Waals surface area contributed by atoms with E-state index in [1.165, 1.54) is 0 Å². The maximum Gasteiger partial charge on any atom is 0.181 e. The summed E-state index contributed by atoms with van der Waals surface area (Å²) in [5.41, 5.74) is 0.918. The van der Waals surface area contributed by atoms with Crippen molar-refractivity contribution in [2.24, 2.45) is 0 Å². The Hall–Kier alpha value is -1.77. The molecular weight excluding hydrogens is 328 g/mol. The lowest BCUT2D eigenvalue weighted by atomic mass is 10.2. The summed E-state index contributed by atoms with van der Waals surface area (Å²) < 4.78 is 25.0. The van der Waals surface area contributed by atoms with Gasteiger partial charge in [-0.15, -0.1) is 0 Å². The van der Waals surface area contributed by atoms with Crippen molar-refractivity contribution in [2.45, 2.75) is 25.6 Å². The topological polar surface area (TPSA) is 88.3 Å². The Labute approximate surface area is 141 Å². The molecule has 1 saturated heterocycles. The first-order valence-corrected chi connectivity index (χ1v) is 9.81. The van der Waals surface area contributed by atoms with Crippen molar-refractivity contribution in [3.63, 3.8) is 0 Å². The van der Waals surface area contributed by atoms with Crippen molar-refractivity contribution in [3.8, 4) is 11.4 Å². The number of sulfone groups is 1. The fourth-order valence-corrected chi connectivity index (χ4v) is 4.76. The van der Waals surface area contributed by atoms with Crippen LogP contribution in [0.2, 0.25) is 0 Å². The Morgan fingerprint density at radius 1 is 1.33 bits per heavy atom. The minimum absolute atomic E-state index is 0.00875. The maximum absolute atomic E-state index is 11.7. The van der Waals surface area contributed by atoms with E-state index in [1.54, 1.807) is 4.68 Å². The van der Waals surface area contributed by atoms with Crippen LogP contribution in [0.5, 0.6) is 0 Å². The summed E-state index contributed by atoms with van der Waals surface area (Å²) in [5.74, 6) is 1.80. The number of aromatic nitrogens is 3. The molecule has 24 heavy (non-hydrogen) atoms. The van der Waals surface area contributed by atoms with Crippen LogP contribution in [0.15, 0.2) is 30.3 Å². The van der Waals surface area contributed by atoms with Crippen molar-refractivity contribution in [2.75, 3.05) is 25.2 Å². The molecule has 1 aliphatic heterocycles. The number of benzene rings is 1. The van der Waals surface area contributed by atoms with Crippen LogP contribution in [0.3, 0.4) is 0 Å². The lowest BCUT2D eigenvalue weighted by Gasteiger charge is -2.22. The molecule has 1 aliphatic rings. The third kappa shape index (κ3) is 3.82. The van der Waals surface area contributed by atoms with Crippen LogP contribution in [0.4, 0.5) is 0 Å². The Kier molecular flexibility index (Phi) is 4.98. The minimum atomic E-state index is -2.92. The first-order valence-electron chi connectivity index (χ1n) is 7.99. The summed E-state index contributed by atoms with van der Waals surface area (Å²) >= 11 is 0. The highest BCUT2D eigenvalue weighted by molar-refractivity contribution is 7.91. The number of rotatable bonds is 6. The van der Waals surface area contributed by atoms with Gasteiger partial charge in [-0.25, -0.2) is 18.1 Å². The number of aliphatic hydroxyl groups excluding tert-OH is 1. The molecule has 3 rings (SSSR count). The highest BCUT2D eigenvalue weighted by Crippen LogP contribution is 2.20. The fraction of sp³-hybridized carbons (Fsp3) is 0.500. The van der Waals surface area contributed by atoms with E-state index in [0.29, 0.717) is 25.3 Å². The second kappa shape index (κ2) is 7.00. The van der Waals surface area contributed by atoms with E-state index >= 15 is 0 Å². The van der Waals surface area contributed by atoms with Crippen LogP contribution >= 0.6 is 0 Å². The van der Waals surface area contributed by atoms with Crippen LogP contribution in [0.1, 0.15) is 12.2 Å². The van der Waals surface area contributed by atoms with Gasteiger partial charge in [0.2, 0.25) is 0 Å². The van der Waals surface area contributed by atoms with Crippen LogP contribution in [-0.2, 0) is 22.9 Å². The van der Waals surface area contributed by atoms with Gasteiger partial charge >= 0.3 is 0 Å². The summed E-state index contributed by atoms with van der Waals surface area (Å²) in [6.07, 6.45) is 0.651. The molecule has 8 heteroatoms. The van der Waals surface area contributed by atoms with E-state index < -0.39 is 9.84 Å². The van der Waals surface area contributed by atoms with Crippen molar-refractivity contribution >= 4 is 9.84 Å². The maximum atomic E-state index is 11.7. The number of aliphatic hydroxyl groups is 1. The Morgan fingerprint density at radius 3 is 2.71 bits per heavy atom. The zero-order chi connectivity index (χ0) is 17.2. The van der Waals surface area contributed by atoms with Gasteiger partial charge in [-0.1, -0.05) is 30.3 Å². The quantitative estimate of drug-likeness (QED) is 0.819. The van der Waals surface area contributed by atoms with Crippen LogP contribution in [0.25, 0.3) is 11.4 Å². The molecule has 130 valence electrons. The Balaban J connectivity index is 1.80. The van der Waals surface area contributed by atoms with E-state index in [0.717, 1.165) is 11.4 Å². The first kappa shape index (κ1) is 17.1. The van der Waals surface area contributed by atoms with Crippen molar-refractivity contribution in [3.05, 3.63) is 36.2 Å². The van der Waals surface area contributed by atoms with Gasteiger partial charge in [-0.05, 0) is 13.5 Å². The molecular formula is C16H22N4O3S. The Morgan fingerprint density at radius 2 is 2.08 bits per heavy atom. The standard InChI is InChI=1S/C16H22N4O3S/c1-19(14-7-10-24(22,23)12-14)11-15-17-16(18-20(15)8-9-21)13-5-3-2-4-6-13/h2-6,14,21H,7-12H2,1H3. The lowest BCUT2D eigenvalue weighted by Crippen LogP contribution is -2.33. The van der Waals surface area contributed by atoms with E-state index in [-0.39, 0.29) is 24.2 Å². The predicted molar refractivity (Wildman–Crippen MR) is 91.1 cm³/mol. The Bertz CT molecular complexity index is 789. The third-order valence-electron chi connectivity index (χ3n) is 4.31. The van der Waals surface area contributed by atoms with E-state index in [1.807, 2.05) is 42.3 Å². The largest absolute Gasteiger partial charge is 0.394 e. The minimum Gasteiger partial charge on any atom is -0.394 e. The van der Waals surface area contributed by atoms with Crippen LogP contribution in [-0.4, -0.2) is 64.4 Å². The molecule has 1 unspecified atom stereocenters. The molecule has 2 aromatic rings. The summed E-state index contributed by atoms with van der Waals surface area (Å²) in [7, 11) is -1.01. The van der Waals surface area contributed by atoms with Gasteiger partial charge < -0.3 is 5.11 Å². The van der Waals surface area contributed by atoms with Gasteiger partial charge in [-0.3, -0.25) is 4.90 Å². The normalized spacial score (nSPS) is 19.9. The summed E-state index contributed by atoms with van der Waals surface area (Å²) in [5, 5.41) is 13.7. The average Bonchev–Trinajstić information content (AvgIpc) is 3.12. The number of nitrogens with zero attached hydrogens (tertiary/aromatic N) is 4. The molecule has 1 atom stereocenters. The fourth-order valence-electron chi connectivity index (χ4n) is 2.95. The molecule has 0 amide bonds. The van der Waals surface area contributed by atoms with Gasteiger partial charge in [0, 0.05) is 11.6 Å². The van der Waals surface area contributed by atoms with Gasteiger partial charge in [0.15, 0.2) is 15.7 Å². The van der Waals surface area contributed by atoms with Crippen molar-refractivity contribution in [1.82, 2.24) is 19.7 Å². The van der Waals surface area contributed by atoms with Crippen LogP contribution < -0.4 is 0 Å². The van der Waals surface area contributed by atoms with E-state index in [9.17, 15) is 13.5 Å². The number of hydrogen-bond donors (Lipinski definition) is 1. The second-order valence-electron chi connectivity index (χ2n) is 6.14. The molecule has 1 fully saturated rings. The monoisotopic (exact) mass is 350 g/mol. The van der Waals surface area contributed by atoms with Gasteiger partial charge in [-0.2, -0.15) is 5.10 Å². The van der Waals surface area contributed by atoms with Crippen molar-refractivity contribution < 1.29 is 13.5 Å². The first-order chi connectivity index (χ1) is 11.5. The van der Waals surface area contributed by atoms with Gasteiger partial charge in [0.1, 0.15) is 5.82 Å². The number of hydrogen-bond acceptors (Lipinski definition) is 6. The summed E-state index contributed by atoms with van der Waals surface area (Å²) in [6.45, 7) is 0.845. The van der Waals surface area contributed by atoms with E-state index in [2.05, 4.69) is 10.1 Å². The molecule has 0 radical (unpaired) electrons. The predicted octanol–water partition coefficient (Wildman–Crippen LogP) is 0.556. The average molecular weight is 350 g/mol. The summed E-state index contributed by atoms with van der Waals surface area (Å²) in [6, 6.07) is 9.68. The zero-order valence-corrected chi connectivity index (χ0v) is 14.5. The molecule has 1 aromatic heterocycles. The second-order valence-corrected chi connectivity index (χ2v) is 8.37. The van der Waals surface area contributed by atoms with Crippen LogP contribution in [0, 0.1) is 0 Å². The molecule has 1 aromatic carbocycles. The smallest absolute Gasteiger partial charge is 0.181 e. The molecule has 0 saturated carbocycles. The van der Waals surface area contributed by atoms with E-state index in [4.69, 9.17) is 0 Å². The SMILES string of the molecule is CN(Cc1nc(-c2ccccc2)nn1CCO)C1CCS(=O)(=O)C1.